The van der Waals surface area contributed by atoms with Gasteiger partial charge >= 0.3 is 0 Å². The molecule has 0 radical (unpaired) electrons. The van der Waals surface area contributed by atoms with E-state index in [-0.39, 0.29) is 0 Å². The van der Waals surface area contributed by atoms with E-state index >= 15 is 0 Å². The Morgan fingerprint density at radius 1 is 1.05 bits per heavy atom. The largest absolute Gasteiger partial charge is 0.346 e. The summed E-state index contributed by atoms with van der Waals surface area (Å²) in [5, 5.41) is 3.73. The minimum Gasteiger partial charge on any atom is -0.346 e. The Kier molecular flexibility index (Phi) is 5.15. The van der Waals surface area contributed by atoms with Crippen molar-refractivity contribution in [2.45, 2.75) is 51.2 Å². The molecule has 112 valence electrons. The molecule has 1 aliphatic carbocycles. The van der Waals surface area contributed by atoms with Gasteiger partial charge in [-0.25, -0.2) is 0 Å². The Bertz CT molecular complexity index is 553. The maximum absolute atomic E-state index is 3.73. The molecule has 2 nitrogen and oxygen atoms in total. The molecule has 1 N–H and O–H groups in total. The predicted octanol–water partition coefficient (Wildman–Crippen LogP) is 4.72. The molecule has 0 spiro atoms. The lowest BCUT2D eigenvalue weighted by molar-refractivity contribution is 0.369. The standard InChI is InChI=1S/C18H23BrN2/c19-16-10-8-15(9-11-16)14-21-12-4-7-18(21)13-20-17-5-2-1-3-6-17/h4,7-12,17,20H,1-3,5-6,13-14H2. The fraction of sp³-hybridized carbons (Fsp3) is 0.444. The smallest absolute Gasteiger partial charge is 0.0473 e. The highest BCUT2D eigenvalue weighted by molar-refractivity contribution is 9.10. The molecule has 0 saturated heterocycles. The van der Waals surface area contributed by atoms with Crippen molar-refractivity contribution in [3.63, 3.8) is 0 Å². The third-order valence-electron chi connectivity index (χ3n) is 4.37. The summed E-state index contributed by atoms with van der Waals surface area (Å²) >= 11 is 3.49. The van der Waals surface area contributed by atoms with Gasteiger partial charge in [0.2, 0.25) is 0 Å². The van der Waals surface area contributed by atoms with Gasteiger partial charge in [-0.2, -0.15) is 0 Å². The van der Waals surface area contributed by atoms with E-state index in [1.165, 1.54) is 43.4 Å². The third kappa shape index (κ3) is 4.21. The van der Waals surface area contributed by atoms with Crippen molar-refractivity contribution >= 4 is 15.9 Å². The van der Waals surface area contributed by atoms with Gasteiger partial charge in [0.15, 0.2) is 0 Å². The number of aromatic nitrogens is 1. The first-order chi connectivity index (χ1) is 10.3. The fourth-order valence-corrected chi connectivity index (χ4v) is 3.37. The van der Waals surface area contributed by atoms with Crippen molar-refractivity contribution in [3.05, 3.63) is 58.3 Å². The van der Waals surface area contributed by atoms with Gasteiger partial charge in [0.05, 0.1) is 0 Å². The Morgan fingerprint density at radius 2 is 1.81 bits per heavy atom. The molecule has 0 aliphatic heterocycles. The summed E-state index contributed by atoms with van der Waals surface area (Å²) in [6.07, 6.45) is 9.05. The van der Waals surface area contributed by atoms with Crippen LogP contribution in [0.25, 0.3) is 0 Å². The van der Waals surface area contributed by atoms with Crippen molar-refractivity contribution in [1.29, 1.82) is 0 Å². The zero-order chi connectivity index (χ0) is 14.5. The molecule has 0 unspecified atom stereocenters. The van der Waals surface area contributed by atoms with Crippen LogP contribution in [0.4, 0.5) is 0 Å². The van der Waals surface area contributed by atoms with Gasteiger partial charge in [0.1, 0.15) is 0 Å². The van der Waals surface area contributed by atoms with Crippen molar-refractivity contribution < 1.29 is 0 Å². The molecule has 1 aromatic heterocycles. The van der Waals surface area contributed by atoms with Crippen LogP contribution in [0.3, 0.4) is 0 Å². The summed E-state index contributed by atoms with van der Waals surface area (Å²) in [6.45, 7) is 1.93. The van der Waals surface area contributed by atoms with Gasteiger partial charge in [0.25, 0.3) is 0 Å². The number of nitrogens with zero attached hydrogens (tertiary/aromatic N) is 1. The molecule has 1 aliphatic rings. The van der Waals surface area contributed by atoms with Gasteiger partial charge in [0, 0.05) is 35.5 Å². The number of halogens is 1. The first kappa shape index (κ1) is 14.9. The van der Waals surface area contributed by atoms with E-state index in [0.717, 1.165) is 23.6 Å². The molecule has 2 aromatic rings. The summed E-state index contributed by atoms with van der Waals surface area (Å²) in [7, 11) is 0. The van der Waals surface area contributed by atoms with Crippen LogP contribution in [0.15, 0.2) is 47.1 Å². The highest BCUT2D eigenvalue weighted by Gasteiger charge is 2.13. The Labute approximate surface area is 135 Å². The summed E-state index contributed by atoms with van der Waals surface area (Å²) in [5.41, 5.74) is 2.72. The predicted molar refractivity (Wildman–Crippen MR) is 91.4 cm³/mol. The number of benzene rings is 1. The number of nitrogens with one attached hydrogen (secondary N) is 1. The minimum absolute atomic E-state index is 0.717. The normalized spacial score (nSPS) is 16.2. The lowest BCUT2D eigenvalue weighted by Gasteiger charge is -2.23. The molecule has 1 saturated carbocycles. The first-order valence-corrected chi connectivity index (χ1v) is 8.72. The van der Waals surface area contributed by atoms with Crippen molar-refractivity contribution in [1.82, 2.24) is 9.88 Å². The van der Waals surface area contributed by atoms with Crippen LogP contribution in [0.1, 0.15) is 43.4 Å². The van der Waals surface area contributed by atoms with Crippen molar-refractivity contribution in [3.8, 4) is 0 Å². The number of hydrogen-bond donors (Lipinski definition) is 1. The van der Waals surface area contributed by atoms with Crippen LogP contribution in [-0.2, 0) is 13.1 Å². The van der Waals surface area contributed by atoms with Crippen LogP contribution in [0.5, 0.6) is 0 Å². The summed E-state index contributed by atoms with van der Waals surface area (Å²) in [5.74, 6) is 0. The van der Waals surface area contributed by atoms with Gasteiger partial charge in [-0.05, 0) is 42.7 Å². The second-order valence-corrected chi connectivity index (χ2v) is 6.89. The fourth-order valence-electron chi connectivity index (χ4n) is 3.11. The van der Waals surface area contributed by atoms with Crippen LogP contribution in [0.2, 0.25) is 0 Å². The second kappa shape index (κ2) is 7.28. The van der Waals surface area contributed by atoms with Crippen LogP contribution in [0, 0.1) is 0 Å². The first-order valence-electron chi connectivity index (χ1n) is 7.93. The topological polar surface area (TPSA) is 17.0 Å². The molecular weight excluding hydrogens is 324 g/mol. The molecule has 0 bridgehead atoms. The zero-order valence-corrected chi connectivity index (χ0v) is 14.0. The molecule has 1 fully saturated rings. The lowest BCUT2D eigenvalue weighted by atomic mass is 9.95. The highest BCUT2D eigenvalue weighted by atomic mass is 79.9. The van der Waals surface area contributed by atoms with Gasteiger partial charge in [-0.15, -0.1) is 0 Å². The molecule has 0 amide bonds. The third-order valence-corrected chi connectivity index (χ3v) is 4.90. The van der Waals surface area contributed by atoms with E-state index in [0.29, 0.717) is 0 Å². The van der Waals surface area contributed by atoms with E-state index in [9.17, 15) is 0 Å². The number of hydrogen-bond acceptors (Lipinski definition) is 1. The van der Waals surface area contributed by atoms with E-state index in [2.05, 4.69) is 68.4 Å². The second-order valence-electron chi connectivity index (χ2n) is 5.97. The van der Waals surface area contributed by atoms with E-state index < -0.39 is 0 Å². The molecule has 1 aromatic carbocycles. The molecule has 3 rings (SSSR count). The molecule has 21 heavy (non-hydrogen) atoms. The quantitative estimate of drug-likeness (QED) is 0.828. The van der Waals surface area contributed by atoms with Gasteiger partial charge < -0.3 is 9.88 Å². The molecule has 0 atom stereocenters. The van der Waals surface area contributed by atoms with Crippen LogP contribution < -0.4 is 5.32 Å². The summed E-state index contributed by atoms with van der Waals surface area (Å²) in [6, 6.07) is 13.7. The zero-order valence-electron chi connectivity index (χ0n) is 12.4. The highest BCUT2D eigenvalue weighted by Crippen LogP contribution is 2.18. The Hall–Kier alpha value is -1.06. The van der Waals surface area contributed by atoms with Crippen molar-refractivity contribution in [2.75, 3.05) is 0 Å². The van der Waals surface area contributed by atoms with E-state index in [4.69, 9.17) is 0 Å². The van der Waals surface area contributed by atoms with Crippen LogP contribution >= 0.6 is 15.9 Å². The van der Waals surface area contributed by atoms with Gasteiger partial charge in [-0.3, -0.25) is 0 Å². The average Bonchev–Trinajstić information content (AvgIpc) is 2.96. The Morgan fingerprint density at radius 3 is 2.57 bits per heavy atom. The maximum Gasteiger partial charge on any atom is 0.0473 e. The molecular formula is C18H23BrN2. The Balaban J connectivity index is 1.59. The lowest BCUT2D eigenvalue weighted by Crippen LogP contribution is -2.31. The molecule has 3 heteroatoms. The van der Waals surface area contributed by atoms with E-state index in [1.54, 1.807) is 0 Å². The monoisotopic (exact) mass is 346 g/mol. The van der Waals surface area contributed by atoms with Crippen LogP contribution in [-0.4, -0.2) is 10.6 Å². The van der Waals surface area contributed by atoms with Crippen molar-refractivity contribution in [2.24, 2.45) is 0 Å². The molecule has 1 heterocycles. The number of rotatable bonds is 5. The minimum atomic E-state index is 0.717. The van der Waals surface area contributed by atoms with Gasteiger partial charge in [-0.1, -0.05) is 47.3 Å². The summed E-state index contributed by atoms with van der Waals surface area (Å²) in [4.78, 5) is 0. The van der Waals surface area contributed by atoms with E-state index in [1.807, 2.05) is 0 Å². The average molecular weight is 347 g/mol. The SMILES string of the molecule is Brc1ccc(Cn2cccc2CNC2CCCCC2)cc1. The maximum atomic E-state index is 3.73. The summed E-state index contributed by atoms with van der Waals surface area (Å²) < 4.78 is 3.48.